The van der Waals surface area contributed by atoms with Gasteiger partial charge in [0.15, 0.2) is 6.10 Å². The minimum absolute atomic E-state index is 0.0963. The van der Waals surface area contributed by atoms with Crippen molar-refractivity contribution >= 4 is 17.9 Å². The molecule has 0 saturated heterocycles. The van der Waals surface area contributed by atoms with Crippen LogP contribution in [-0.4, -0.2) is 37.2 Å². The summed E-state index contributed by atoms with van der Waals surface area (Å²) < 4.78 is 16.7. The molecule has 0 fully saturated rings. The van der Waals surface area contributed by atoms with Crippen LogP contribution >= 0.6 is 0 Å². The Morgan fingerprint density at radius 3 is 1.12 bits per heavy atom. The molecule has 6 nitrogen and oxygen atoms in total. The Morgan fingerprint density at radius 2 is 0.714 bits per heavy atom. The van der Waals surface area contributed by atoms with E-state index in [1.165, 1.54) is 38.5 Å². The molecule has 1 atom stereocenters. The van der Waals surface area contributed by atoms with E-state index >= 15 is 0 Å². The first-order chi connectivity index (χ1) is 27.5. The molecule has 6 heteroatoms. The second-order valence-corrected chi connectivity index (χ2v) is 14.7. The van der Waals surface area contributed by atoms with Gasteiger partial charge in [-0.2, -0.15) is 0 Å². The third-order valence-electron chi connectivity index (χ3n) is 9.24. The molecule has 56 heavy (non-hydrogen) atoms. The van der Waals surface area contributed by atoms with Crippen molar-refractivity contribution in [3.8, 4) is 0 Å². The van der Waals surface area contributed by atoms with Crippen molar-refractivity contribution in [2.45, 2.75) is 200 Å². The SMILES string of the molecule is CC\C=C/C=C\C=C/CCCCCCCCCC(=O)OCC(COC(=O)CCCCCC/C=C\CCCC)OC(=O)CCCCCCC\C=C/C=C\C=C/CC. The molecule has 0 heterocycles. The molecule has 0 amide bonds. The van der Waals surface area contributed by atoms with E-state index in [1.54, 1.807) is 0 Å². The van der Waals surface area contributed by atoms with Gasteiger partial charge in [0.25, 0.3) is 0 Å². The van der Waals surface area contributed by atoms with Crippen molar-refractivity contribution in [1.29, 1.82) is 0 Å². The molecule has 0 rings (SSSR count). The molecule has 0 saturated carbocycles. The Balaban J connectivity index is 4.44. The highest BCUT2D eigenvalue weighted by Gasteiger charge is 2.19. The largest absolute Gasteiger partial charge is 0.462 e. The van der Waals surface area contributed by atoms with Gasteiger partial charge in [-0.15, -0.1) is 0 Å². The van der Waals surface area contributed by atoms with Gasteiger partial charge in [-0.25, -0.2) is 0 Å². The number of carbonyl (C=O) groups excluding carboxylic acids is 3. The molecular weight excluding hydrogens is 697 g/mol. The van der Waals surface area contributed by atoms with Gasteiger partial charge in [0.1, 0.15) is 13.2 Å². The predicted molar refractivity (Wildman–Crippen MR) is 237 cm³/mol. The minimum atomic E-state index is -0.794. The molecule has 0 aliphatic heterocycles. The van der Waals surface area contributed by atoms with Crippen LogP contribution in [0.25, 0.3) is 0 Å². The molecule has 0 spiro atoms. The fourth-order valence-corrected chi connectivity index (χ4v) is 5.83. The Labute approximate surface area is 344 Å². The molecular formula is C50H82O6. The summed E-state index contributed by atoms with van der Waals surface area (Å²) in [6.45, 7) is 6.27. The molecule has 0 aliphatic carbocycles. The Hall–Kier alpha value is -3.41. The first-order valence-corrected chi connectivity index (χ1v) is 22.7. The lowest BCUT2D eigenvalue weighted by atomic mass is 10.1. The molecule has 318 valence electrons. The molecule has 0 aliphatic rings. The van der Waals surface area contributed by atoms with Gasteiger partial charge in [0.2, 0.25) is 0 Å². The number of hydrogen-bond acceptors (Lipinski definition) is 6. The van der Waals surface area contributed by atoms with Crippen LogP contribution in [0, 0.1) is 0 Å². The quantitative estimate of drug-likeness (QED) is 0.0203. The number of ether oxygens (including phenoxy) is 3. The smallest absolute Gasteiger partial charge is 0.306 e. The van der Waals surface area contributed by atoms with Crippen molar-refractivity contribution < 1.29 is 28.6 Å². The molecule has 0 radical (unpaired) electrons. The lowest BCUT2D eigenvalue weighted by Crippen LogP contribution is -2.30. The number of unbranched alkanes of at least 4 members (excludes halogenated alkanes) is 18. The standard InChI is InChI=1S/C50H82O6/c1-4-7-10-13-16-19-22-24-25-27-28-31-34-37-40-43-49(52)55-46-47(45-54-48(51)42-39-36-33-30-21-18-15-12-9-6-3)56-50(53)44-41-38-35-32-29-26-23-20-17-14-11-8-5-2/h7-8,10-11,13-20,22-23,47H,4-6,9,12,21,24-46H2,1-3H3/b10-7-,11-8-,16-13-,17-14-,18-15-,22-19-,23-20-. The maximum absolute atomic E-state index is 12.7. The highest BCUT2D eigenvalue weighted by molar-refractivity contribution is 5.71. The van der Waals surface area contributed by atoms with E-state index in [2.05, 4.69) is 99.8 Å². The molecule has 0 aromatic heterocycles. The molecule has 1 unspecified atom stereocenters. The average molecular weight is 779 g/mol. The zero-order chi connectivity index (χ0) is 40.8. The molecule has 0 aromatic carbocycles. The monoisotopic (exact) mass is 779 g/mol. The van der Waals surface area contributed by atoms with Crippen molar-refractivity contribution in [1.82, 2.24) is 0 Å². The van der Waals surface area contributed by atoms with Gasteiger partial charge in [-0.3, -0.25) is 14.4 Å². The number of carbonyl (C=O) groups is 3. The molecule has 0 aromatic rings. The van der Waals surface area contributed by atoms with Gasteiger partial charge >= 0.3 is 17.9 Å². The van der Waals surface area contributed by atoms with Crippen LogP contribution < -0.4 is 0 Å². The summed E-state index contributed by atoms with van der Waals surface area (Å²) in [6.07, 6.45) is 55.6. The van der Waals surface area contributed by atoms with E-state index in [1.807, 2.05) is 6.08 Å². The summed E-state index contributed by atoms with van der Waals surface area (Å²) in [5.41, 5.74) is 0. The van der Waals surface area contributed by atoms with Crippen LogP contribution in [0.1, 0.15) is 194 Å². The van der Waals surface area contributed by atoms with E-state index in [-0.39, 0.29) is 31.1 Å². The summed E-state index contributed by atoms with van der Waals surface area (Å²) in [6, 6.07) is 0. The number of esters is 3. The maximum atomic E-state index is 12.7. The summed E-state index contributed by atoms with van der Waals surface area (Å²) in [5.74, 6) is -0.951. The lowest BCUT2D eigenvalue weighted by molar-refractivity contribution is -0.167. The fourth-order valence-electron chi connectivity index (χ4n) is 5.83. The zero-order valence-electron chi connectivity index (χ0n) is 36.1. The normalized spacial score (nSPS) is 12.8. The number of rotatable bonds is 39. The van der Waals surface area contributed by atoms with Crippen molar-refractivity contribution in [2.75, 3.05) is 13.2 Å². The van der Waals surface area contributed by atoms with Gasteiger partial charge < -0.3 is 14.2 Å². The first kappa shape index (κ1) is 52.6. The van der Waals surface area contributed by atoms with Gasteiger partial charge in [-0.05, 0) is 77.0 Å². The topological polar surface area (TPSA) is 78.9 Å². The molecule has 0 bridgehead atoms. The Morgan fingerprint density at radius 1 is 0.375 bits per heavy atom. The zero-order valence-corrected chi connectivity index (χ0v) is 36.1. The van der Waals surface area contributed by atoms with Crippen molar-refractivity contribution in [3.05, 3.63) is 85.1 Å². The van der Waals surface area contributed by atoms with Crippen LogP contribution in [0.4, 0.5) is 0 Å². The van der Waals surface area contributed by atoms with Crippen molar-refractivity contribution in [3.63, 3.8) is 0 Å². The van der Waals surface area contributed by atoms with Gasteiger partial charge in [0, 0.05) is 19.3 Å². The van der Waals surface area contributed by atoms with E-state index in [9.17, 15) is 14.4 Å². The summed E-state index contributed by atoms with van der Waals surface area (Å²) in [7, 11) is 0. The Bertz CT molecular complexity index is 1120. The summed E-state index contributed by atoms with van der Waals surface area (Å²) >= 11 is 0. The first-order valence-electron chi connectivity index (χ1n) is 22.7. The highest BCUT2D eigenvalue weighted by Crippen LogP contribution is 2.13. The van der Waals surface area contributed by atoms with Crippen LogP contribution in [0.15, 0.2) is 85.1 Å². The van der Waals surface area contributed by atoms with Crippen LogP contribution in [0.2, 0.25) is 0 Å². The second-order valence-electron chi connectivity index (χ2n) is 14.7. The van der Waals surface area contributed by atoms with E-state index < -0.39 is 6.10 Å². The third kappa shape index (κ3) is 41.7. The van der Waals surface area contributed by atoms with E-state index in [0.29, 0.717) is 19.3 Å². The van der Waals surface area contributed by atoms with E-state index in [4.69, 9.17) is 14.2 Å². The Kier molecular flexibility index (Phi) is 41.6. The predicted octanol–water partition coefficient (Wildman–Crippen LogP) is 14.5. The van der Waals surface area contributed by atoms with Crippen LogP contribution in [-0.2, 0) is 28.6 Å². The molecule has 0 N–H and O–H groups in total. The maximum Gasteiger partial charge on any atom is 0.306 e. The third-order valence-corrected chi connectivity index (χ3v) is 9.24. The second kappa shape index (κ2) is 44.3. The average Bonchev–Trinajstić information content (AvgIpc) is 3.19. The summed E-state index contributed by atoms with van der Waals surface area (Å²) in [5, 5.41) is 0. The van der Waals surface area contributed by atoms with Crippen LogP contribution in [0.3, 0.4) is 0 Å². The van der Waals surface area contributed by atoms with Crippen LogP contribution in [0.5, 0.6) is 0 Å². The number of allylic oxidation sites excluding steroid dienone is 14. The van der Waals surface area contributed by atoms with Gasteiger partial charge in [0.05, 0.1) is 0 Å². The van der Waals surface area contributed by atoms with E-state index in [0.717, 1.165) is 116 Å². The lowest BCUT2D eigenvalue weighted by Gasteiger charge is -2.18. The number of hydrogen-bond donors (Lipinski definition) is 0. The fraction of sp³-hybridized carbons (Fsp3) is 0.660. The highest BCUT2D eigenvalue weighted by atomic mass is 16.6. The minimum Gasteiger partial charge on any atom is -0.462 e. The van der Waals surface area contributed by atoms with Gasteiger partial charge in [-0.1, -0.05) is 183 Å². The summed E-state index contributed by atoms with van der Waals surface area (Å²) in [4.78, 5) is 37.7. The van der Waals surface area contributed by atoms with Crippen molar-refractivity contribution in [2.24, 2.45) is 0 Å².